The number of hydrogen-bond donors (Lipinski definition) is 0. The normalized spacial score (nSPS) is 16.0. The Bertz CT molecular complexity index is 783. The molecule has 0 unspecified atom stereocenters. The van der Waals surface area contributed by atoms with Crippen molar-refractivity contribution in [1.82, 2.24) is 0 Å². The van der Waals surface area contributed by atoms with Gasteiger partial charge in [-0.2, -0.15) is 0 Å². The van der Waals surface area contributed by atoms with Crippen LogP contribution in [0.5, 0.6) is 0 Å². The quantitative estimate of drug-likeness (QED) is 0.443. The highest BCUT2D eigenvalue weighted by Crippen LogP contribution is 2.22. The second kappa shape index (κ2) is 5.77. The van der Waals surface area contributed by atoms with Crippen LogP contribution in [0.25, 0.3) is 6.08 Å². The van der Waals surface area contributed by atoms with E-state index in [1.165, 1.54) is 12.1 Å². The maximum absolute atomic E-state index is 13.6. The monoisotopic (exact) mass is 393 g/mol. The number of hydrogen-bond acceptors (Lipinski definition) is 3. The van der Waals surface area contributed by atoms with Crippen LogP contribution in [0.4, 0.5) is 4.39 Å². The van der Waals surface area contributed by atoms with Crippen molar-refractivity contribution >= 4 is 40.5 Å². The van der Waals surface area contributed by atoms with Crippen molar-refractivity contribution in [3.63, 3.8) is 0 Å². The van der Waals surface area contributed by atoms with Crippen molar-refractivity contribution in [2.24, 2.45) is 4.99 Å². The minimum absolute atomic E-state index is 0.0924. The van der Waals surface area contributed by atoms with E-state index in [4.69, 9.17) is 4.74 Å². The maximum Gasteiger partial charge on any atom is 0.363 e. The summed E-state index contributed by atoms with van der Waals surface area (Å²) in [6.45, 7) is 0. The van der Waals surface area contributed by atoms with Gasteiger partial charge in [0.1, 0.15) is 5.82 Å². The van der Waals surface area contributed by atoms with E-state index in [2.05, 4.69) is 27.6 Å². The van der Waals surface area contributed by atoms with Gasteiger partial charge in [-0.15, -0.1) is 0 Å². The second-order valence-electron chi connectivity index (χ2n) is 4.34. The molecule has 0 atom stereocenters. The van der Waals surface area contributed by atoms with Crippen molar-refractivity contribution in [2.75, 3.05) is 0 Å². The van der Waals surface area contributed by atoms with E-state index in [9.17, 15) is 9.18 Å². The first kappa shape index (κ1) is 13.9. The van der Waals surface area contributed by atoms with E-state index in [0.717, 1.165) is 9.13 Å². The number of halogens is 2. The molecule has 0 fully saturated rings. The highest BCUT2D eigenvalue weighted by atomic mass is 127. The molecule has 3 nitrogen and oxygen atoms in total. The van der Waals surface area contributed by atoms with Gasteiger partial charge < -0.3 is 4.74 Å². The summed E-state index contributed by atoms with van der Waals surface area (Å²) in [6, 6.07) is 13.6. The summed E-state index contributed by atoms with van der Waals surface area (Å²) >= 11 is 2.14. The van der Waals surface area contributed by atoms with E-state index in [1.54, 1.807) is 18.2 Å². The lowest BCUT2D eigenvalue weighted by atomic mass is 10.2. The van der Waals surface area contributed by atoms with Gasteiger partial charge >= 0.3 is 5.97 Å². The van der Waals surface area contributed by atoms with Gasteiger partial charge in [0, 0.05) is 9.13 Å². The molecule has 104 valence electrons. The van der Waals surface area contributed by atoms with Crippen LogP contribution in [0.1, 0.15) is 11.1 Å². The molecule has 0 aromatic heterocycles. The van der Waals surface area contributed by atoms with Crippen molar-refractivity contribution < 1.29 is 13.9 Å². The van der Waals surface area contributed by atoms with Gasteiger partial charge in [-0.1, -0.05) is 30.3 Å². The molecule has 0 spiro atoms. The van der Waals surface area contributed by atoms with Gasteiger partial charge in [-0.25, -0.2) is 14.2 Å². The van der Waals surface area contributed by atoms with Gasteiger partial charge in [0.05, 0.1) is 5.56 Å². The van der Waals surface area contributed by atoms with Crippen LogP contribution in [-0.2, 0) is 9.53 Å². The van der Waals surface area contributed by atoms with Gasteiger partial charge in [-0.3, -0.25) is 0 Å². The minimum Gasteiger partial charge on any atom is -0.402 e. The summed E-state index contributed by atoms with van der Waals surface area (Å²) in [7, 11) is 0. The number of carbonyl (C=O) groups excluding carboxylic acids is 1. The zero-order valence-corrected chi connectivity index (χ0v) is 12.9. The van der Waals surface area contributed by atoms with E-state index >= 15 is 0 Å². The summed E-state index contributed by atoms with van der Waals surface area (Å²) in [4.78, 5) is 16.0. The first-order valence-electron chi connectivity index (χ1n) is 6.17. The standard InChI is InChI=1S/C16H9FINO2/c17-12-7-3-1-5-10(12)9-14-16(20)21-15(19-14)11-6-2-4-8-13(11)18/h1-9H/b14-9-. The Labute approximate surface area is 134 Å². The topological polar surface area (TPSA) is 38.7 Å². The zero-order chi connectivity index (χ0) is 14.8. The number of aliphatic imine (C=N–C) groups is 1. The second-order valence-corrected chi connectivity index (χ2v) is 5.50. The molecular weight excluding hydrogens is 384 g/mol. The lowest BCUT2D eigenvalue weighted by molar-refractivity contribution is -0.129. The Hall–Kier alpha value is -2.02. The third-order valence-electron chi connectivity index (χ3n) is 2.92. The Morgan fingerprint density at radius 2 is 1.81 bits per heavy atom. The van der Waals surface area contributed by atoms with Crippen LogP contribution in [0.15, 0.2) is 59.2 Å². The smallest absolute Gasteiger partial charge is 0.363 e. The number of carbonyl (C=O) groups is 1. The van der Waals surface area contributed by atoms with Gasteiger partial charge in [0.2, 0.25) is 5.90 Å². The number of esters is 1. The molecule has 1 aliphatic heterocycles. The third kappa shape index (κ3) is 2.87. The first-order valence-corrected chi connectivity index (χ1v) is 7.25. The Balaban J connectivity index is 2.00. The average molecular weight is 393 g/mol. The molecular formula is C16H9FINO2. The molecule has 3 rings (SSSR count). The number of nitrogens with zero attached hydrogens (tertiary/aromatic N) is 1. The summed E-state index contributed by atoms with van der Waals surface area (Å²) in [5, 5.41) is 0. The lowest BCUT2D eigenvalue weighted by Crippen LogP contribution is -2.06. The zero-order valence-electron chi connectivity index (χ0n) is 10.7. The Morgan fingerprint density at radius 1 is 1.10 bits per heavy atom. The molecule has 21 heavy (non-hydrogen) atoms. The lowest BCUT2D eigenvalue weighted by Gasteiger charge is -2.01. The van der Waals surface area contributed by atoms with Crippen LogP contribution in [0.3, 0.4) is 0 Å². The molecule has 2 aromatic rings. The number of ether oxygens (including phenoxy) is 1. The molecule has 5 heteroatoms. The summed E-state index contributed by atoms with van der Waals surface area (Å²) in [6.07, 6.45) is 1.39. The fourth-order valence-electron chi connectivity index (χ4n) is 1.90. The predicted octanol–water partition coefficient (Wildman–Crippen LogP) is 3.77. The molecule has 2 aromatic carbocycles. The number of benzene rings is 2. The molecule has 0 radical (unpaired) electrons. The highest BCUT2D eigenvalue weighted by Gasteiger charge is 2.25. The highest BCUT2D eigenvalue weighted by molar-refractivity contribution is 14.1. The SMILES string of the molecule is O=C1OC(c2ccccc2I)=N/C1=C\c1ccccc1F. The first-order chi connectivity index (χ1) is 10.1. The Morgan fingerprint density at radius 3 is 2.57 bits per heavy atom. The summed E-state index contributed by atoms with van der Waals surface area (Å²) < 4.78 is 19.7. The number of cyclic esters (lactones) is 1. The van der Waals surface area contributed by atoms with Gasteiger partial charge in [0.25, 0.3) is 0 Å². The molecule has 0 N–H and O–H groups in total. The van der Waals surface area contributed by atoms with Crippen LogP contribution in [0, 0.1) is 9.39 Å². The van der Waals surface area contributed by atoms with Crippen LogP contribution < -0.4 is 0 Å². The van der Waals surface area contributed by atoms with Crippen LogP contribution >= 0.6 is 22.6 Å². The van der Waals surface area contributed by atoms with Gasteiger partial charge in [-0.05, 0) is 46.9 Å². The van der Waals surface area contributed by atoms with Crippen molar-refractivity contribution in [2.45, 2.75) is 0 Å². The van der Waals surface area contributed by atoms with E-state index in [0.29, 0.717) is 5.56 Å². The third-order valence-corrected chi connectivity index (χ3v) is 3.86. The van der Waals surface area contributed by atoms with Crippen LogP contribution in [0.2, 0.25) is 0 Å². The summed E-state index contributed by atoms with van der Waals surface area (Å²) in [5.74, 6) is -0.740. The molecule has 1 aliphatic rings. The largest absolute Gasteiger partial charge is 0.402 e. The molecule has 0 saturated heterocycles. The predicted molar refractivity (Wildman–Crippen MR) is 86.2 cm³/mol. The molecule has 0 amide bonds. The van der Waals surface area contributed by atoms with Crippen molar-refractivity contribution in [1.29, 1.82) is 0 Å². The van der Waals surface area contributed by atoms with E-state index in [1.807, 2.05) is 24.3 Å². The average Bonchev–Trinajstić information content (AvgIpc) is 2.83. The molecule has 0 bridgehead atoms. The minimum atomic E-state index is -0.576. The fourth-order valence-corrected chi connectivity index (χ4v) is 2.52. The van der Waals surface area contributed by atoms with Gasteiger partial charge in [0.15, 0.2) is 5.70 Å². The van der Waals surface area contributed by atoms with E-state index < -0.39 is 11.8 Å². The molecule has 0 aliphatic carbocycles. The maximum atomic E-state index is 13.6. The Kier molecular flexibility index (Phi) is 3.83. The number of rotatable bonds is 2. The van der Waals surface area contributed by atoms with E-state index in [-0.39, 0.29) is 11.6 Å². The molecule has 1 heterocycles. The van der Waals surface area contributed by atoms with Crippen molar-refractivity contribution in [3.8, 4) is 0 Å². The fraction of sp³-hybridized carbons (Fsp3) is 0. The summed E-state index contributed by atoms with van der Waals surface area (Å²) in [5.41, 5.74) is 1.13. The van der Waals surface area contributed by atoms with Crippen molar-refractivity contribution in [3.05, 3.63) is 74.7 Å². The molecule has 0 saturated carbocycles. The van der Waals surface area contributed by atoms with Crippen LogP contribution in [-0.4, -0.2) is 11.9 Å².